The van der Waals surface area contributed by atoms with Crippen LogP contribution in [-0.2, 0) is 27.2 Å². The number of carboxylic acids is 1. The van der Waals surface area contributed by atoms with Gasteiger partial charge in [0.15, 0.2) is 0 Å². The fourth-order valence-electron chi connectivity index (χ4n) is 3.61. The molecule has 3 rings (SSSR count). The maximum atomic E-state index is 12.8. The summed E-state index contributed by atoms with van der Waals surface area (Å²) >= 11 is 1.38. The first-order chi connectivity index (χ1) is 17.6. The van der Waals surface area contributed by atoms with Gasteiger partial charge in [-0.05, 0) is 56.2 Å². The summed E-state index contributed by atoms with van der Waals surface area (Å²) in [5.41, 5.74) is 1.24. The van der Waals surface area contributed by atoms with Crippen LogP contribution in [0.1, 0.15) is 49.6 Å². The number of carboxylic acid groups (broad SMARTS) is 1. The van der Waals surface area contributed by atoms with E-state index in [0.29, 0.717) is 11.6 Å². The molecule has 8 nitrogen and oxygen atoms in total. The van der Waals surface area contributed by atoms with Crippen molar-refractivity contribution in [2.24, 2.45) is 5.92 Å². The highest BCUT2D eigenvalue weighted by Crippen LogP contribution is 2.20. The lowest BCUT2D eigenvalue weighted by atomic mass is 9.90. The number of hydrogen-bond donors (Lipinski definition) is 3. The number of anilines is 1. The van der Waals surface area contributed by atoms with Crippen LogP contribution >= 0.6 is 11.3 Å². The van der Waals surface area contributed by atoms with Gasteiger partial charge in [-0.2, -0.15) is 13.2 Å². The first-order valence-corrected chi connectivity index (χ1v) is 12.8. The number of carbonyl (C=O) groups excluding carboxylic acids is 2. The molecule has 2 aromatic rings. The number of benzene rings is 1. The second-order valence-corrected chi connectivity index (χ2v) is 9.53. The van der Waals surface area contributed by atoms with Crippen molar-refractivity contribution in [3.63, 3.8) is 0 Å². The fourth-order valence-corrected chi connectivity index (χ4v) is 4.29. The number of aromatic nitrogens is 2. The van der Waals surface area contributed by atoms with Gasteiger partial charge < -0.3 is 10.4 Å². The summed E-state index contributed by atoms with van der Waals surface area (Å²) in [6, 6.07) is 10.2. The number of alkyl halides is 3. The molecule has 1 aromatic heterocycles. The summed E-state index contributed by atoms with van der Waals surface area (Å²) in [5, 5.41) is 22.6. The van der Waals surface area contributed by atoms with Crippen molar-refractivity contribution in [1.82, 2.24) is 15.5 Å². The van der Waals surface area contributed by atoms with Gasteiger partial charge in [0.1, 0.15) is 10.8 Å². The Morgan fingerprint density at radius 1 is 1.22 bits per heavy atom. The normalized spacial score (nSPS) is 16.5. The molecule has 2 atom stereocenters. The number of aryl methyl sites for hydroxylation is 2. The molecule has 1 saturated heterocycles. The van der Waals surface area contributed by atoms with Crippen molar-refractivity contribution < 1.29 is 32.7 Å². The molecular formula is C25H31F3N4O4S. The fraction of sp³-hybridized carbons (Fsp3) is 0.480. The lowest BCUT2D eigenvalue weighted by Crippen LogP contribution is -2.41. The molecule has 1 aliphatic rings. The van der Waals surface area contributed by atoms with Crippen LogP contribution in [0.3, 0.4) is 0 Å². The van der Waals surface area contributed by atoms with E-state index in [1.54, 1.807) is 0 Å². The standard InChI is InChI=1S/C23H30N4O2S.C2HF3O2/c1-2-22-26-27-23(30-22)25-21(29)14-13-18(12-11-17-8-4-3-5-9-17)16-20(28)19-10-6-7-15-24-19;3-2(4,5)1(6)7/h3-5,8-9,13-14,18-19,24H,2,6-7,10-12,15-16H2,1H3,(H,25,27,29);(H,6,7)/b14-13+;/t18-,19-;/m0./s1. The number of nitrogens with one attached hydrogen (secondary N) is 2. The van der Waals surface area contributed by atoms with E-state index in [1.165, 1.54) is 23.0 Å². The Balaban J connectivity index is 0.000000604. The second kappa shape index (κ2) is 15.2. The predicted molar refractivity (Wildman–Crippen MR) is 134 cm³/mol. The molecule has 0 spiro atoms. The molecule has 12 heteroatoms. The molecular weight excluding hydrogens is 509 g/mol. The van der Waals surface area contributed by atoms with Gasteiger partial charge in [0.25, 0.3) is 0 Å². The van der Waals surface area contributed by atoms with E-state index in [-0.39, 0.29) is 23.7 Å². The van der Waals surface area contributed by atoms with E-state index in [0.717, 1.165) is 50.1 Å². The van der Waals surface area contributed by atoms with Crippen LogP contribution < -0.4 is 10.6 Å². The van der Waals surface area contributed by atoms with Crippen molar-refractivity contribution in [1.29, 1.82) is 0 Å². The van der Waals surface area contributed by atoms with Gasteiger partial charge >= 0.3 is 12.1 Å². The molecule has 1 aliphatic heterocycles. The van der Waals surface area contributed by atoms with Gasteiger partial charge in [-0.3, -0.25) is 14.9 Å². The van der Waals surface area contributed by atoms with Crippen LogP contribution in [0.5, 0.6) is 0 Å². The highest BCUT2D eigenvalue weighted by molar-refractivity contribution is 7.15. The average molecular weight is 541 g/mol. The molecule has 1 amide bonds. The Hall–Kier alpha value is -3.12. The van der Waals surface area contributed by atoms with Gasteiger partial charge in [0.05, 0.1) is 6.04 Å². The number of Topliss-reactive ketones (excluding diaryl/α,β-unsaturated/α-hetero) is 1. The molecule has 0 radical (unpaired) electrons. The van der Waals surface area contributed by atoms with E-state index < -0.39 is 12.1 Å². The van der Waals surface area contributed by atoms with Crippen LogP contribution in [0.25, 0.3) is 0 Å². The number of nitrogens with zero attached hydrogens (tertiary/aromatic N) is 2. The van der Waals surface area contributed by atoms with Gasteiger partial charge in [-0.25, -0.2) is 4.79 Å². The van der Waals surface area contributed by atoms with Gasteiger partial charge in [-0.1, -0.05) is 61.1 Å². The number of aliphatic carboxylic acids is 1. The lowest BCUT2D eigenvalue weighted by molar-refractivity contribution is -0.192. The summed E-state index contributed by atoms with van der Waals surface area (Å²) in [4.78, 5) is 34.0. The third-order valence-corrected chi connectivity index (χ3v) is 6.55. The van der Waals surface area contributed by atoms with Crippen LogP contribution in [0.4, 0.5) is 18.3 Å². The number of ketones is 1. The number of halogens is 3. The zero-order valence-corrected chi connectivity index (χ0v) is 21.3. The maximum Gasteiger partial charge on any atom is 0.490 e. The maximum absolute atomic E-state index is 12.8. The Labute approximate surface area is 217 Å². The predicted octanol–water partition coefficient (Wildman–Crippen LogP) is 4.58. The van der Waals surface area contributed by atoms with Crippen LogP contribution in [0.2, 0.25) is 0 Å². The first kappa shape index (κ1) is 30.1. The Morgan fingerprint density at radius 2 is 1.92 bits per heavy atom. The molecule has 0 unspecified atom stereocenters. The quantitative estimate of drug-likeness (QED) is 0.377. The smallest absolute Gasteiger partial charge is 0.475 e. The van der Waals surface area contributed by atoms with Crippen LogP contribution in [0, 0.1) is 5.92 Å². The zero-order chi connectivity index (χ0) is 27.3. The molecule has 37 heavy (non-hydrogen) atoms. The minimum atomic E-state index is -5.08. The number of piperidine rings is 1. The largest absolute Gasteiger partial charge is 0.490 e. The number of amides is 1. The van der Waals surface area contributed by atoms with Gasteiger partial charge in [0, 0.05) is 6.42 Å². The number of allylic oxidation sites excluding steroid dienone is 1. The summed E-state index contributed by atoms with van der Waals surface area (Å²) in [5.74, 6) is -2.73. The van der Waals surface area contributed by atoms with Crippen molar-refractivity contribution in [2.45, 2.75) is 64.1 Å². The Kier molecular flexibility index (Phi) is 12.4. The summed E-state index contributed by atoms with van der Waals surface area (Å²) in [6.45, 7) is 2.91. The van der Waals surface area contributed by atoms with Crippen molar-refractivity contribution in [2.75, 3.05) is 11.9 Å². The summed E-state index contributed by atoms with van der Waals surface area (Å²) < 4.78 is 31.7. The molecule has 1 fully saturated rings. The SMILES string of the molecule is CCc1nnc(NC(=O)/C=C/[C@H](CCc2ccccc2)CC(=O)[C@@H]2CCCCN2)s1.O=C(O)C(F)(F)F. The third-order valence-electron chi connectivity index (χ3n) is 5.57. The third kappa shape index (κ3) is 11.6. The van der Waals surface area contributed by atoms with Gasteiger partial charge in [-0.15, -0.1) is 10.2 Å². The summed E-state index contributed by atoms with van der Waals surface area (Å²) in [6.07, 6.45) is 4.40. The molecule has 202 valence electrons. The Morgan fingerprint density at radius 3 is 2.49 bits per heavy atom. The van der Waals surface area contributed by atoms with E-state index in [1.807, 2.05) is 31.2 Å². The van der Waals surface area contributed by atoms with Crippen molar-refractivity contribution in [3.8, 4) is 0 Å². The van der Waals surface area contributed by atoms with E-state index >= 15 is 0 Å². The average Bonchev–Trinajstić information content (AvgIpc) is 3.34. The number of carbonyl (C=O) groups is 3. The van der Waals surface area contributed by atoms with Crippen molar-refractivity contribution in [3.05, 3.63) is 53.1 Å². The highest BCUT2D eigenvalue weighted by Gasteiger charge is 2.38. The Bertz CT molecular complexity index is 1040. The van der Waals surface area contributed by atoms with E-state index in [9.17, 15) is 22.8 Å². The molecule has 3 N–H and O–H groups in total. The van der Waals surface area contributed by atoms with Crippen LogP contribution in [0.15, 0.2) is 42.5 Å². The van der Waals surface area contributed by atoms with Gasteiger partial charge in [0.2, 0.25) is 11.0 Å². The van der Waals surface area contributed by atoms with Crippen molar-refractivity contribution >= 4 is 34.1 Å². The molecule has 0 saturated carbocycles. The zero-order valence-electron chi connectivity index (χ0n) is 20.5. The number of rotatable bonds is 10. The topological polar surface area (TPSA) is 121 Å². The number of hydrogen-bond acceptors (Lipinski definition) is 7. The monoisotopic (exact) mass is 540 g/mol. The second-order valence-electron chi connectivity index (χ2n) is 8.46. The molecule has 2 heterocycles. The minimum absolute atomic E-state index is 0.0211. The molecule has 0 bridgehead atoms. The summed E-state index contributed by atoms with van der Waals surface area (Å²) in [7, 11) is 0. The van der Waals surface area contributed by atoms with Crippen LogP contribution in [-0.4, -0.2) is 51.7 Å². The van der Waals surface area contributed by atoms with E-state index in [4.69, 9.17) is 9.90 Å². The van der Waals surface area contributed by atoms with E-state index in [2.05, 4.69) is 33.0 Å². The highest BCUT2D eigenvalue weighted by atomic mass is 32.1. The first-order valence-electron chi connectivity index (χ1n) is 12.0. The molecule has 0 aliphatic carbocycles. The minimum Gasteiger partial charge on any atom is -0.475 e. The lowest BCUT2D eigenvalue weighted by Gasteiger charge is -2.23. The molecule has 1 aromatic carbocycles.